The summed E-state index contributed by atoms with van der Waals surface area (Å²) in [5.41, 5.74) is 1.47. The zero-order chi connectivity index (χ0) is 9.10. The molecule has 1 aliphatic rings. The van der Waals surface area contributed by atoms with Gasteiger partial charge in [0.15, 0.2) is 0 Å². The van der Waals surface area contributed by atoms with Crippen LogP contribution in [0, 0.1) is 0 Å². The smallest absolute Gasteiger partial charge is 0.267 e. The Morgan fingerprint density at radius 2 is 2.08 bits per heavy atom. The van der Waals surface area contributed by atoms with Crippen LogP contribution in [0.2, 0.25) is 0 Å². The van der Waals surface area contributed by atoms with Gasteiger partial charge in [0.25, 0.3) is 6.29 Å². The Morgan fingerprint density at radius 3 is 2.62 bits per heavy atom. The number of aliphatic hydroxyl groups excluding tert-OH is 1. The van der Waals surface area contributed by atoms with E-state index in [4.69, 9.17) is 14.6 Å². The summed E-state index contributed by atoms with van der Waals surface area (Å²) in [4.78, 5) is 4.00. The van der Waals surface area contributed by atoms with E-state index < -0.39 is 0 Å². The third-order valence-corrected chi connectivity index (χ3v) is 1.74. The Hall–Kier alpha value is -1.55. The van der Waals surface area contributed by atoms with Crippen molar-refractivity contribution < 1.29 is 14.6 Å². The number of rotatable bonds is 2. The van der Waals surface area contributed by atoms with E-state index in [0.717, 1.165) is 5.56 Å². The molecule has 0 saturated heterocycles. The van der Waals surface area contributed by atoms with Gasteiger partial charge in [0.2, 0.25) is 0 Å². The number of aliphatic hydroxyl groups is 1. The molecular formula is C9H9NO3. The lowest BCUT2D eigenvalue weighted by atomic mass is 10.2. The van der Waals surface area contributed by atoms with E-state index in [2.05, 4.69) is 4.98 Å². The van der Waals surface area contributed by atoms with Gasteiger partial charge in [-0.3, -0.25) is 4.98 Å². The molecule has 1 aromatic heterocycles. The van der Waals surface area contributed by atoms with Gasteiger partial charge in [-0.15, -0.1) is 0 Å². The second kappa shape index (κ2) is 3.45. The molecule has 0 atom stereocenters. The van der Waals surface area contributed by atoms with Crippen LogP contribution < -0.4 is 0 Å². The first-order valence-corrected chi connectivity index (χ1v) is 3.92. The van der Waals surface area contributed by atoms with Crippen molar-refractivity contribution in [2.24, 2.45) is 0 Å². The summed E-state index contributed by atoms with van der Waals surface area (Å²) in [6.07, 6.45) is 4.22. The van der Waals surface area contributed by atoms with E-state index in [9.17, 15) is 0 Å². The Morgan fingerprint density at radius 1 is 1.31 bits per heavy atom. The molecule has 0 unspecified atom stereocenters. The van der Waals surface area contributed by atoms with E-state index >= 15 is 0 Å². The van der Waals surface area contributed by atoms with Gasteiger partial charge in [0.1, 0.15) is 12.5 Å². The maximum Gasteiger partial charge on any atom is 0.267 e. The van der Waals surface area contributed by atoms with Crippen molar-refractivity contribution in [3.63, 3.8) is 0 Å². The SMILES string of the molecule is OCc1ccc(C2OC=CO2)cn1. The maximum absolute atomic E-state index is 8.76. The van der Waals surface area contributed by atoms with Crippen LogP contribution in [0.15, 0.2) is 30.9 Å². The van der Waals surface area contributed by atoms with Crippen molar-refractivity contribution in [1.29, 1.82) is 0 Å². The molecular weight excluding hydrogens is 170 g/mol. The molecule has 1 aromatic rings. The molecule has 0 saturated carbocycles. The molecule has 13 heavy (non-hydrogen) atoms. The Balaban J connectivity index is 2.13. The minimum Gasteiger partial charge on any atom is -0.455 e. The average molecular weight is 179 g/mol. The first kappa shape index (κ1) is 8.07. The van der Waals surface area contributed by atoms with Gasteiger partial charge in [0.05, 0.1) is 17.9 Å². The summed E-state index contributed by atoms with van der Waals surface area (Å²) >= 11 is 0. The number of aromatic nitrogens is 1. The van der Waals surface area contributed by atoms with Crippen molar-refractivity contribution in [2.45, 2.75) is 12.9 Å². The minimum absolute atomic E-state index is 0.0507. The fraction of sp³-hybridized carbons (Fsp3) is 0.222. The van der Waals surface area contributed by atoms with Gasteiger partial charge in [-0.05, 0) is 12.1 Å². The molecule has 2 heterocycles. The second-order valence-electron chi connectivity index (χ2n) is 2.62. The molecule has 1 aliphatic heterocycles. The molecule has 4 heteroatoms. The molecule has 0 radical (unpaired) electrons. The van der Waals surface area contributed by atoms with Crippen molar-refractivity contribution in [2.75, 3.05) is 0 Å². The molecule has 0 aliphatic carbocycles. The summed E-state index contributed by atoms with van der Waals surface area (Å²) < 4.78 is 10.2. The zero-order valence-electron chi connectivity index (χ0n) is 6.88. The van der Waals surface area contributed by atoms with Crippen molar-refractivity contribution in [3.05, 3.63) is 42.1 Å². The van der Waals surface area contributed by atoms with Crippen LogP contribution in [0.25, 0.3) is 0 Å². The van der Waals surface area contributed by atoms with E-state index in [1.54, 1.807) is 12.3 Å². The third-order valence-electron chi connectivity index (χ3n) is 1.74. The van der Waals surface area contributed by atoms with Gasteiger partial charge in [-0.1, -0.05) is 0 Å². The van der Waals surface area contributed by atoms with Gasteiger partial charge < -0.3 is 14.6 Å². The van der Waals surface area contributed by atoms with Crippen molar-refractivity contribution in [3.8, 4) is 0 Å². The fourth-order valence-corrected chi connectivity index (χ4v) is 1.06. The Bertz CT molecular complexity index is 299. The zero-order valence-corrected chi connectivity index (χ0v) is 6.88. The summed E-state index contributed by atoms with van der Waals surface area (Å²) in [5.74, 6) is 0. The molecule has 0 amide bonds. The molecule has 2 rings (SSSR count). The van der Waals surface area contributed by atoms with Gasteiger partial charge >= 0.3 is 0 Å². The minimum atomic E-state index is -0.389. The van der Waals surface area contributed by atoms with E-state index in [0.29, 0.717) is 5.69 Å². The molecule has 0 aromatic carbocycles. The Kier molecular flexibility index (Phi) is 2.14. The van der Waals surface area contributed by atoms with Crippen molar-refractivity contribution in [1.82, 2.24) is 4.98 Å². The summed E-state index contributed by atoms with van der Waals surface area (Å²) in [5, 5.41) is 8.76. The van der Waals surface area contributed by atoms with E-state index in [1.807, 2.05) is 6.07 Å². The van der Waals surface area contributed by atoms with Crippen LogP contribution in [0.4, 0.5) is 0 Å². The van der Waals surface area contributed by atoms with E-state index in [1.165, 1.54) is 12.5 Å². The van der Waals surface area contributed by atoms with Crippen LogP contribution in [-0.2, 0) is 16.1 Å². The molecule has 68 valence electrons. The number of hydrogen-bond donors (Lipinski definition) is 1. The molecule has 1 N–H and O–H groups in total. The highest BCUT2D eigenvalue weighted by Crippen LogP contribution is 2.22. The van der Waals surface area contributed by atoms with Gasteiger partial charge in [0, 0.05) is 6.20 Å². The lowest BCUT2D eigenvalue weighted by Gasteiger charge is -2.09. The van der Waals surface area contributed by atoms with Crippen molar-refractivity contribution >= 4 is 0 Å². The van der Waals surface area contributed by atoms with E-state index in [-0.39, 0.29) is 12.9 Å². The quantitative estimate of drug-likeness (QED) is 0.738. The van der Waals surface area contributed by atoms with Crippen LogP contribution in [-0.4, -0.2) is 10.1 Å². The molecule has 4 nitrogen and oxygen atoms in total. The van der Waals surface area contributed by atoms with Gasteiger partial charge in [-0.2, -0.15) is 0 Å². The predicted octanol–water partition coefficient (Wildman–Crippen LogP) is 1.09. The number of hydrogen-bond acceptors (Lipinski definition) is 4. The number of pyridine rings is 1. The molecule has 0 spiro atoms. The first-order valence-electron chi connectivity index (χ1n) is 3.92. The summed E-state index contributed by atoms with van der Waals surface area (Å²) in [7, 11) is 0. The lowest BCUT2D eigenvalue weighted by molar-refractivity contribution is -0.0248. The highest BCUT2D eigenvalue weighted by Gasteiger charge is 2.15. The van der Waals surface area contributed by atoms with Crippen LogP contribution >= 0.6 is 0 Å². The second-order valence-corrected chi connectivity index (χ2v) is 2.62. The van der Waals surface area contributed by atoms with Gasteiger partial charge in [-0.25, -0.2) is 0 Å². The fourth-order valence-electron chi connectivity index (χ4n) is 1.06. The monoisotopic (exact) mass is 179 g/mol. The molecule has 0 bridgehead atoms. The van der Waals surface area contributed by atoms with Crippen LogP contribution in [0.5, 0.6) is 0 Å². The topological polar surface area (TPSA) is 51.6 Å². The number of nitrogens with zero attached hydrogens (tertiary/aromatic N) is 1. The maximum atomic E-state index is 8.76. The molecule has 0 fully saturated rings. The summed E-state index contributed by atoms with van der Waals surface area (Å²) in [6, 6.07) is 3.55. The standard InChI is InChI=1S/C9H9NO3/c11-6-8-2-1-7(5-10-8)9-12-3-4-13-9/h1-5,9,11H,6H2. The first-order chi connectivity index (χ1) is 6.40. The third kappa shape index (κ3) is 1.62. The lowest BCUT2D eigenvalue weighted by Crippen LogP contribution is -1.99. The largest absolute Gasteiger partial charge is 0.455 e. The number of ether oxygens (including phenoxy) is 2. The highest BCUT2D eigenvalue weighted by molar-refractivity contribution is 5.15. The van der Waals surface area contributed by atoms with Crippen LogP contribution in [0.1, 0.15) is 17.5 Å². The summed E-state index contributed by atoms with van der Waals surface area (Å²) in [6.45, 7) is -0.0507. The normalized spacial score (nSPS) is 15.5. The highest BCUT2D eigenvalue weighted by atomic mass is 16.7. The predicted molar refractivity (Wildman–Crippen MR) is 44.2 cm³/mol. The van der Waals surface area contributed by atoms with Crippen LogP contribution in [0.3, 0.4) is 0 Å². The Labute approximate surface area is 75.4 Å². The average Bonchev–Trinajstić information content (AvgIpc) is 2.71.